The Labute approximate surface area is 154 Å². The van der Waals surface area contributed by atoms with Crippen LogP contribution in [0.25, 0.3) is 0 Å². The molecule has 25 heavy (non-hydrogen) atoms. The van der Waals surface area contributed by atoms with Gasteiger partial charge in [0.05, 0.1) is 19.2 Å². The summed E-state index contributed by atoms with van der Waals surface area (Å²) < 4.78 is 0. The maximum Gasteiger partial charge on any atom is 0.127 e. The maximum absolute atomic E-state index is 10.2. The van der Waals surface area contributed by atoms with Gasteiger partial charge in [0, 0.05) is 11.8 Å². The number of hydrogen-bond donors (Lipinski definition) is 3. The number of aliphatic hydroxyl groups is 1. The third-order valence-corrected chi connectivity index (χ3v) is 9.80. The lowest BCUT2D eigenvalue weighted by molar-refractivity contribution is -0.918. The Hall–Kier alpha value is -0.120. The minimum absolute atomic E-state index is 0.0146. The van der Waals surface area contributed by atoms with Gasteiger partial charge in [-0.2, -0.15) is 0 Å². The summed E-state index contributed by atoms with van der Waals surface area (Å²) in [5.41, 5.74) is 5.20. The van der Waals surface area contributed by atoms with Crippen LogP contribution >= 0.6 is 0 Å². The summed E-state index contributed by atoms with van der Waals surface area (Å²) >= 11 is 0. The van der Waals surface area contributed by atoms with E-state index in [1.807, 2.05) is 0 Å². The van der Waals surface area contributed by atoms with E-state index in [0.717, 1.165) is 49.1 Å². The van der Waals surface area contributed by atoms with Gasteiger partial charge in [0.1, 0.15) is 13.1 Å². The number of quaternary nitrogens is 2. The minimum atomic E-state index is -0.0146. The Morgan fingerprint density at radius 1 is 0.960 bits per heavy atom. The first-order valence-corrected chi connectivity index (χ1v) is 11.2. The number of aliphatic hydroxyl groups excluding tert-OH is 1. The molecule has 4 rings (SSSR count). The topological polar surface area (TPSA) is 52.3 Å². The molecule has 0 aliphatic heterocycles. The van der Waals surface area contributed by atoms with Gasteiger partial charge in [-0.1, -0.05) is 13.8 Å². The maximum atomic E-state index is 10.2. The predicted octanol–water partition coefficient (Wildman–Crippen LogP) is 1.52. The molecule has 4 aliphatic carbocycles. The highest BCUT2D eigenvalue weighted by molar-refractivity contribution is 5.09. The molecule has 3 heteroatoms. The average Bonchev–Trinajstić information content (AvgIpc) is 2.93. The van der Waals surface area contributed by atoms with Crippen LogP contribution in [-0.4, -0.2) is 37.4 Å². The van der Waals surface area contributed by atoms with Crippen LogP contribution in [0.4, 0.5) is 0 Å². The zero-order valence-electron chi connectivity index (χ0n) is 16.9. The Kier molecular flexibility index (Phi) is 4.74. The first-order chi connectivity index (χ1) is 11.9. The summed E-state index contributed by atoms with van der Waals surface area (Å²) in [6, 6.07) is 0.860. The zero-order valence-corrected chi connectivity index (χ0v) is 16.9. The van der Waals surface area contributed by atoms with Crippen molar-refractivity contribution in [3.8, 4) is 0 Å². The van der Waals surface area contributed by atoms with Crippen LogP contribution in [0.2, 0.25) is 0 Å². The summed E-state index contributed by atoms with van der Waals surface area (Å²) in [4.78, 5) is 1.75. The molecule has 0 spiro atoms. The second-order valence-corrected chi connectivity index (χ2v) is 10.7. The van der Waals surface area contributed by atoms with Gasteiger partial charge >= 0.3 is 0 Å². The average molecular weight is 351 g/mol. The molecule has 4 fully saturated rings. The summed E-state index contributed by atoms with van der Waals surface area (Å²) in [7, 11) is 2.43. The van der Waals surface area contributed by atoms with E-state index in [0.29, 0.717) is 10.8 Å². The highest BCUT2D eigenvalue weighted by Gasteiger charge is 2.61. The molecule has 1 unspecified atom stereocenters. The minimum Gasteiger partial charge on any atom is -0.393 e. The number of likely N-dealkylation sites (N-methyl/N-ethyl adjacent to an activating group) is 1. The van der Waals surface area contributed by atoms with Crippen molar-refractivity contribution in [2.45, 2.75) is 83.8 Å². The fourth-order valence-electron chi connectivity index (χ4n) is 8.50. The van der Waals surface area contributed by atoms with Crippen LogP contribution in [-0.2, 0) is 0 Å². The highest BCUT2D eigenvalue weighted by atomic mass is 16.3. The summed E-state index contributed by atoms with van der Waals surface area (Å²) in [5, 5.41) is 10.2. The number of nitrogens with one attached hydrogen (secondary N) is 1. The van der Waals surface area contributed by atoms with Crippen molar-refractivity contribution in [2.75, 3.05) is 20.1 Å². The molecule has 0 aromatic rings. The molecule has 0 radical (unpaired) electrons. The van der Waals surface area contributed by atoms with Crippen molar-refractivity contribution in [2.24, 2.45) is 34.5 Å². The van der Waals surface area contributed by atoms with Crippen molar-refractivity contribution >= 4 is 0 Å². The SMILES string of the molecule is C[NH+](CC[NH3+])[C@H]1CC[C@@H]2[C@@H]3CC[C@H]4C[C@H](O)CC[C@]4(C)[C@H]3CC[C@@]21C. The van der Waals surface area contributed by atoms with Crippen LogP contribution in [0.15, 0.2) is 0 Å². The van der Waals surface area contributed by atoms with Crippen molar-refractivity contribution in [1.29, 1.82) is 0 Å². The normalized spacial score (nSPS) is 53.6. The zero-order chi connectivity index (χ0) is 17.8. The van der Waals surface area contributed by atoms with Crippen LogP contribution in [0, 0.1) is 34.5 Å². The lowest BCUT2D eigenvalue weighted by Gasteiger charge is -2.60. The molecule has 3 nitrogen and oxygen atoms in total. The summed E-state index contributed by atoms with van der Waals surface area (Å²) in [5.74, 6) is 3.65. The summed E-state index contributed by atoms with van der Waals surface area (Å²) in [6.07, 6.45) is 12.0. The van der Waals surface area contributed by atoms with Gasteiger partial charge < -0.3 is 15.7 Å². The molecular weight excluding hydrogens is 308 g/mol. The number of rotatable bonds is 3. The molecule has 0 aromatic heterocycles. The van der Waals surface area contributed by atoms with E-state index < -0.39 is 0 Å². The molecule has 0 heterocycles. The molecule has 4 saturated carbocycles. The first-order valence-electron chi connectivity index (χ1n) is 11.2. The lowest BCUT2D eigenvalue weighted by atomic mass is 9.45. The lowest BCUT2D eigenvalue weighted by Crippen LogP contribution is -3.15. The van der Waals surface area contributed by atoms with E-state index in [2.05, 4.69) is 26.6 Å². The smallest absolute Gasteiger partial charge is 0.127 e. The molecule has 0 saturated heterocycles. The Bertz CT molecular complexity index is 496. The van der Waals surface area contributed by atoms with Gasteiger partial charge in [-0.15, -0.1) is 0 Å². The van der Waals surface area contributed by atoms with Gasteiger partial charge in [-0.25, -0.2) is 0 Å². The molecule has 0 bridgehead atoms. The van der Waals surface area contributed by atoms with Crippen molar-refractivity contribution < 1.29 is 15.7 Å². The van der Waals surface area contributed by atoms with Crippen molar-refractivity contribution in [1.82, 2.24) is 0 Å². The Morgan fingerprint density at radius 3 is 2.44 bits per heavy atom. The molecule has 0 amide bonds. The first kappa shape index (κ1) is 18.3. The van der Waals surface area contributed by atoms with Gasteiger partial charge in [0.25, 0.3) is 0 Å². The van der Waals surface area contributed by atoms with Crippen molar-refractivity contribution in [3.63, 3.8) is 0 Å². The molecule has 9 atom stereocenters. The quantitative estimate of drug-likeness (QED) is 0.710. The second-order valence-electron chi connectivity index (χ2n) is 10.7. The van der Waals surface area contributed by atoms with E-state index in [1.54, 1.807) is 4.90 Å². The van der Waals surface area contributed by atoms with Crippen molar-refractivity contribution in [3.05, 3.63) is 0 Å². The van der Waals surface area contributed by atoms with E-state index in [4.69, 9.17) is 0 Å². The largest absolute Gasteiger partial charge is 0.393 e. The van der Waals surface area contributed by atoms with Gasteiger partial charge in [-0.05, 0) is 80.5 Å². The Balaban J connectivity index is 1.56. The second kappa shape index (κ2) is 6.49. The number of fused-ring (bicyclic) bond motifs is 5. The van der Waals surface area contributed by atoms with E-state index in [9.17, 15) is 5.11 Å². The standard InChI is InChI=1S/C22H40N2O/c1-21-10-8-16(25)14-15(21)4-5-17-18-6-7-20(24(3)13-12-23)22(18,2)11-9-19(17)21/h15-20,25H,4-14,23H2,1-3H3/p+2/t15-,16+,17-,18+,19-,20-,21-,22-/m0/s1. The molecule has 5 N–H and O–H groups in total. The third kappa shape index (κ3) is 2.72. The van der Waals surface area contributed by atoms with Gasteiger partial charge in [0.15, 0.2) is 0 Å². The molecule has 4 aliphatic rings. The summed E-state index contributed by atoms with van der Waals surface area (Å²) in [6.45, 7) is 7.56. The predicted molar refractivity (Wildman–Crippen MR) is 101 cm³/mol. The van der Waals surface area contributed by atoms with Crippen LogP contribution in [0.1, 0.15) is 71.6 Å². The van der Waals surface area contributed by atoms with Crippen LogP contribution < -0.4 is 10.6 Å². The van der Waals surface area contributed by atoms with E-state index in [-0.39, 0.29) is 6.10 Å². The molecule has 0 aromatic carbocycles. The number of hydrogen-bond acceptors (Lipinski definition) is 1. The van der Waals surface area contributed by atoms with Crippen LogP contribution in [0.3, 0.4) is 0 Å². The fourth-order valence-corrected chi connectivity index (χ4v) is 8.50. The van der Waals surface area contributed by atoms with Gasteiger partial charge in [0.2, 0.25) is 0 Å². The van der Waals surface area contributed by atoms with E-state index in [1.165, 1.54) is 51.5 Å². The van der Waals surface area contributed by atoms with Crippen LogP contribution in [0.5, 0.6) is 0 Å². The van der Waals surface area contributed by atoms with E-state index >= 15 is 0 Å². The van der Waals surface area contributed by atoms with Gasteiger partial charge in [-0.3, -0.25) is 0 Å². The molecule has 144 valence electrons. The third-order valence-electron chi connectivity index (χ3n) is 9.80. The molecular formula is C22H42N2O+2. The highest BCUT2D eigenvalue weighted by Crippen LogP contribution is 2.65. The fraction of sp³-hybridized carbons (Fsp3) is 1.00. The monoisotopic (exact) mass is 350 g/mol. The Morgan fingerprint density at radius 2 is 1.68 bits per heavy atom.